The minimum atomic E-state index is -0.502. The van der Waals surface area contributed by atoms with Gasteiger partial charge in [-0.3, -0.25) is 4.98 Å². The van der Waals surface area contributed by atoms with Crippen LogP contribution in [0.3, 0.4) is 0 Å². The predicted molar refractivity (Wildman–Crippen MR) is 46.3 cm³/mol. The molecule has 1 radical (unpaired) electrons. The van der Waals surface area contributed by atoms with Gasteiger partial charge in [-0.05, 0) is 18.6 Å². The van der Waals surface area contributed by atoms with Crippen LogP contribution in [-0.2, 0) is 0 Å². The van der Waals surface area contributed by atoms with Crippen molar-refractivity contribution in [2.45, 2.75) is 0 Å². The Hall–Kier alpha value is -1.22. The van der Waals surface area contributed by atoms with Gasteiger partial charge in [0.2, 0.25) is 0 Å². The van der Waals surface area contributed by atoms with E-state index < -0.39 is 5.76 Å². The van der Waals surface area contributed by atoms with Crippen molar-refractivity contribution in [3.63, 3.8) is 0 Å². The summed E-state index contributed by atoms with van der Waals surface area (Å²) in [5.74, 6) is -0.502. The fourth-order valence-corrected chi connectivity index (χ4v) is 1.23. The van der Waals surface area contributed by atoms with Crippen LogP contribution in [0.15, 0.2) is 21.3 Å². The van der Waals surface area contributed by atoms with Gasteiger partial charge in [0.15, 0.2) is 5.58 Å². The minimum Gasteiger partial charge on any atom is -0.406 e. The SMILES string of the molecule is [CH2]c1ccc2[nH]c(=O)oc2c1Cl. The van der Waals surface area contributed by atoms with Gasteiger partial charge in [-0.15, -0.1) is 0 Å². The molecule has 0 fully saturated rings. The first kappa shape index (κ1) is 7.43. The molecule has 0 bridgehead atoms. The smallest absolute Gasteiger partial charge is 0.406 e. The lowest BCUT2D eigenvalue weighted by atomic mass is 10.2. The van der Waals surface area contributed by atoms with Crippen LogP contribution >= 0.6 is 11.6 Å². The molecule has 61 valence electrons. The van der Waals surface area contributed by atoms with Crippen molar-refractivity contribution >= 4 is 22.7 Å². The van der Waals surface area contributed by atoms with Gasteiger partial charge in [0.25, 0.3) is 0 Å². The molecule has 0 aliphatic carbocycles. The number of H-pyrrole nitrogens is 1. The van der Waals surface area contributed by atoms with E-state index in [4.69, 9.17) is 16.0 Å². The highest BCUT2D eigenvalue weighted by atomic mass is 35.5. The summed E-state index contributed by atoms with van der Waals surface area (Å²) < 4.78 is 4.80. The lowest BCUT2D eigenvalue weighted by Gasteiger charge is -1.94. The Morgan fingerprint density at radius 1 is 1.50 bits per heavy atom. The number of nitrogens with one attached hydrogen (secondary N) is 1. The van der Waals surface area contributed by atoms with Crippen LogP contribution in [0.5, 0.6) is 0 Å². The average Bonchev–Trinajstić information content (AvgIpc) is 2.39. The van der Waals surface area contributed by atoms with E-state index in [1.165, 1.54) is 0 Å². The number of aromatic amines is 1. The number of benzene rings is 1. The maximum absolute atomic E-state index is 10.8. The van der Waals surface area contributed by atoms with E-state index in [0.29, 0.717) is 21.7 Å². The van der Waals surface area contributed by atoms with Gasteiger partial charge in [0.05, 0.1) is 10.5 Å². The quantitative estimate of drug-likeness (QED) is 0.677. The van der Waals surface area contributed by atoms with Crippen molar-refractivity contribution < 1.29 is 4.42 Å². The highest BCUT2D eigenvalue weighted by Crippen LogP contribution is 2.24. The second kappa shape index (κ2) is 2.38. The largest absolute Gasteiger partial charge is 0.417 e. The summed E-state index contributed by atoms with van der Waals surface area (Å²) in [6.07, 6.45) is 0. The van der Waals surface area contributed by atoms with Gasteiger partial charge in [-0.25, -0.2) is 4.79 Å². The molecule has 0 saturated carbocycles. The van der Waals surface area contributed by atoms with E-state index in [1.54, 1.807) is 12.1 Å². The molecule has 0 aliphatic heterocycles. The summed E-state index contributed by atoms with van der Waals surface area (Å²) in [5.41, 5.74) is 1.61. The number of oxazole rings is 1. The third-order valence-electron chi connectivity index (χ3n) is 1.61. The molecule has 1 aromatic carbocycles. The summed E-state index contributed by atoms with van der Waals surface area (Å²) in [5, 5.41) is 0.380. The average molecular weight is 183 g/mol. The van der Waals surface area contributed by atoms with Crippen LogP contribution in [0.2, 0.25) is 5.02 Å². The van der Waals surface area contributed by atoms with Crippen LogP contribution in [0, 0.1) is 6.92 Å². The molecule has 0 unspecified atom stereocenters. The van der Waals surface area contributed by atoms with Crippen LogP contribution in [0.1, 0.15) is 5.56 Å². The number of fused-ring (bicyclic) bond motifs is 1. The number of hydrogen-bond acceptors (Lipinski definition) is 2. The van der Waals surface area contributed by atoms with Gasteiger partial charge >= 0.3 is 5.76 Å². The number of hydrogen-bond donors (Lipinski definition) is 1. The second-order valence-corrected chi connectivity index (χ2v) is 2.81. The molecule has 0 amide bonds. The van der Waals surface area contributed by atoms with Gasteiger partial charge in [0, 0.05) is 0 Å². The summed E-state index contributed by atoms with van der Waals surface area (Å²) in [6.45, 7) is 3.67. The van der Waals surface area contributed by atoms with Gasteiger partial charge in [0.1, 0.15) is 0 Å². The van der Waals surface area contributed by atoms with E-state index in [1.807, 2.05) is 0 Å². The number of halogens is 1. The molecule has 3 nitrogen and oxygen atoms in total. The zero-order valence-electron chi connectivity index (χ0n) is 6.06. The topological polar surface area (TPSA) is 46.0 Å². The molecule has 0 aliphatic rings. The standard InChI is InChI=1S/C8H5ClNO2/c1-4-2-3-5-7(6(4)9)12-8(11)10-5/h2-3H,1H2,(H,10,11). The van der Waals surface area contributed by atoms with Gasteiger partial charge in [-0.1, -0.05) is 17.7 Å². The highest BCUT2D eigenvalue weighted by Gasteiger charge is 2.06. The zero-order valence-corrected chi connectivity index (χ0v) is 6.81. The van der Waals surface area contributed by atoms with E-state index in [2.05, 4.69) is 11.9 Å². The summed E-state index contributed by atoms with van der Waals surface area (Å²) >= 11 is 5.82. The van der Waals surface area contributed by atoms with E-state index in [-0.39, 0.29) is 0 Å². The lowest BCUT2D eigenvalue weighted by molar-refractivity contribution is 0.555. The molecule has 4 heteroatoms. The molecule has 2 aromatic rings. The zero-order chi connectivity index (χ0) is 8.72. The second-order valence-electron chi connectivity index (χ2n) is 2.43. The summed E-state index contributed by atoms with van der Waals surface area (Å²) in [6, 6.07) is 3.42. The van der Waals surface area contributed by atoms with Crippen molar-refractivity contribution in [2.75, 3.05) is 0 Å². The molecule has 1 aromatic heterocycles. The van der Waals surface area contributed by atoms with Crippen LogP contribution in [-0.4, -0.2) is 4.98 Å². The molecular formula is C8H5ClNO2. The highest BCUT2D eigenvalue weighted by molar-refractivity contribution is 6.35. The molecule has 2 rings (SSSR count). The molecule has 0 spiro atoms. The molecule has 12 heavy (non-hydrogen) atoms. The fourth-order valence-electron chi connectivity index (χ4n) is 1.02. The molecule has 1 heterocycles. The third kappa shape index (κ3) is 0.940. The lowest BCUT2D eigenvalue weighted by Crippen LogP contribution is -1.92. The van der Waals surface area contributed by atoms with E-state index >= 15 is 0 Å². The van der Waals surface area contributed by atoms with Crippen molar-refractivity contribution in [2.24, 2.45) is 0 Å². The maximum atomic E-state index is 10.8. The van der Waals surface area contributed by atoms with Gasteiger partial charge in [-0.2, -0.15) is 0 Å². The fraction of sp³-hybridized carbons (Fsp3) is 0. The molecule has 0 atom stereocenters. The summed E-state index contributed by atoms with van der Waals surface area (Å²) in [7, 11) is 0. The first-order valence-corrected chi connectivity index (χ1v) is 3.69. The Labute approximate surface area is 73.0 Å². The number of rotatable bonds is 0. The molecule has 1 N–H and O–H groups in total. The van der Waals surface area contributed by atoms with Crippen molar-refractivity contribution in [1.82, 2.24) is 4.98 Å². The number of aromatic nitrogens is 1. The Morgan fingerprint density at radius 2 is 2.25 bits per heavy atom. The van der Waals surface area contributed by atoms with E-state index in [9.17, 15) is 4.79 Å². The molecular weight excluding hydrogens is 178 g/mol. The molecule has 0 saturated heterocycles. The summed E-state index contributed by atoms with van der Waals surface area (Å²) in [4.78, 5) is 13.2. The van der Waals surface area contributed by atoms with Crippen LogP contribution in [0.25, 0.3) is 11.1 Å². The minimum absolute atomic E-state index is 0.370. The third-order valence-corrected chi connectivity index (χ3v) is 2.02. The van der Waals surface area contributed by atoms with Crippen LogP contribution < -0.4 is 5.76 Å². The van der Waals surface area contributed by atoms with Crippen molar-refractivity contribution in [3.8, 4) is 0 Å². The van der Waals surface area contributed by atoms with Crippen LogP contribution in [0.4, 0.5) is 0 Å². The first-order valence-electron chi connectivity index (χ1n) is 3.32. The predicted octanol–water partition coefficient (Wildman–Crippen LogP) is 1.96. The Bertz CT molecular complexity index is 483. The normalized spacial score (nSPS) is 10.8. The van der Waals surface area contributed by atoms with Crippen molar-refractivity contribution in [3.05, 3.63) is 40.2 Å². The first-order chi connectivity index (χ1) is 5.68. The Kier molecular flexibility index (Phi) is 1.48. The maximum Gasteiger partial charge on any atom is 0.417 e. The van der Waals surface area contributed by atoms with Crippen molar-refractivity contribution in [1.29, 1.82) is 0 Å². The Morgan fingerprint density at radius 3 is 3.00 bits per heavy atom. The van der Waals surface area contributed by atoms with E-state index in [0.717, 1.165) is 0 Å². The van der Waals surface area contributed by atoms with Gasteiger partial charge < -0.3 is 4.42 Å². The Balaban J connectivity index is 2.99. The monoisotopic (exact) mass is 182 g/mol.